The summed E-state index contributed by atoms with van der Waals surface area (Å²) in [5.41, 5.74) is 4.38. The lowest BCUT2D eigenvalue weighted by atomic mass is 10.0. The van der Waals surface area contributed by atoms with Gasteiger partial charge in [0.1, 0.15) is 10.7 Å². The Morgan fingerprint density at radius 1 is 1.00 bits per heavy atom. The molecule has 1 aliphatic heterocycles. The van der Waals surface area contributed by atoms with Gasteiger partial charge in [-0.05, 0) is 35.8 Å². The molecule has 0 fully saturated rings. The van der Waals surface area contributed by atoms with Crippen molar-refractivity contribution in [3.8, 4) is 22.5 Å². The Hall–Kier alpha value is -4.08. The molecule has 2 aromatic heterocycles. The molecule has 5 rings (SSSR count). The van der Waals surface area contributed by atoms with Crippen molar-refractivity contribution in [2.45, 2.75) is 18.2 Å². The highest BCUT2D eigenvalue weighted by molar-refractivity contribution is 7.89. The Balaban J connectivity index is 1.62. The van der Waals surface area contributed by atoms with Crippen LogP contribution in [-0.2, 0) is 10.0 Å². The Kier molecular flexibility index (Phi) is 7.25. The fraction of sp³-hybridized carbons (Fsp3) is 0.179. The maximum Gasteiger partial charge on any atom is 0.242 e. The number of nitrogens with zero attached hydrogens (tertiary/aromatic N) is 3. The molecule has 2 aromatic carbocycles. The molecule has 0 aliphatic carbocycles. The van der Waals surface area contributed by atoms with Crippen LogP contribution in [0.2, 0.25) is 0 Å². The van der Waals surface area contributed by atoms with Gasteiger partial charge in [-0.2, -0.15) is 0 Å². The summed E-state index contributed by atoms with van der Waals surface area (Å²) < 4.78 is 28.0. The lowest BCUT2D eigenvalue weighted by Gasteiger charge is -2.17. The minimum absolute atomic E-state index is 0.0815. The van der Waals surface area contributed by atoms with E-state index in [-0.39, 0.29) is 4.90 Å². The summed E-state index contributed by atoms with van der Waals surface area (Å²) in [4.78, 5) is 14.0. The number of dihydropyridines is 1. The number of pyridine rings is 1. The molecule has 0 radical (unpaired) electrons. The fourth-order valence-electron chi connectivity index (χ4n) is 4.11. The molecular formula is C28H28N6O2S. The van der Waals surface area contributed by atoms with Crippen LogP contribution in [0.3, 0.4) is 0 Å². The van der Waals surface area contributed by atoms with Crippen LogP contribution >= 0.6 is 0 Å². The Bertz CT molecular complexity index is 1580. The second-order valence-corrected chi connectivity index (χ2v) is 10.4. The first-order valence-corrected chi connectivity index (χ1v) is 13.7. The number of fused-ring (bicyclic) bond motifs is 1. The molecule has 0 amide bonds. The minimum Gasteiger partial charge on any atom is -0.383 e. The first kappa shape index (κ1) is 24.6. The second-order valence-electron chi connectivity index (χ2n) is 8.62. The molecule has 8 nitrogen and oxygen atoms in total. The third-order valence-corrected chi connectivity index (χ3v) is 7.39. The molecule has 0 bridgehead atoms. The quantitative estimate of drug-likeness (QED) is 0.303. The van der Waals surface area contributed by atoms with Gasteiger partial charge in [-0.1, -0.05) is 61.5 Å². The van der Waals surface area contributed by atoms with Crippen LogP contribution in [0, 0.1) is 0 Å². The monoisotopic (exact) mass is 512 g/mol. The van der Waals surface area contributed by atoms with Crippen LogP contribution in [0.15, 0.2) is 95.8 Å². The standard InChI is InChI=1S/C28H28N6O2S/c1-2-14-32-37(35,36)23-16-21(17-29-19-23)27-33-25-13-8-12-24(20-9-4-3-5-10-20)26(25)28(34-27)31-18-22-11-6-7-15-30-22/h3-13,16-17,19,30,32H,2,14-15,18H2,1H3,(H,31,33,34). The van der Waals surface area contributed by atoms with Crippen LogP contribution in [-0.4, -0.2) is 43.0 Å². The topological polar surface area (TPSA) is 109 Å². The Labute approximate surface area is 216 Å². The number of rotatable bonds is 9. The highest BCUT2D eigenvalue weighted by atomic mass is 32.2. The molecule has 0 atom stereocenters. The lowest BCUT2D eigenvalue weighted by Crippen LogP contribution is -2.24. The van der Waals surface area contributed by atoms with Crippen molar-refractivity contribution in [3.63, 3.8) is 0 Å². The van der Waals surface area contributed by atoms with Gasteiger partial charge in [0.2, 0.25) is 10.0 Å². The molecule has 37 heavy (non-hydrogen) atoms. The summed E-state index contributed by atoms with van der Waals surface area (Å²) in [6, 6.07) is 17.6. The predicted octanol–water partition coefficient (Wildman–Crippen LogP) is 4.50. The van der Waals surface area contributed by atoms with Gasteiger partial charge in [0.05, 0.1) is 17.4 Å². The van der Waals surface area contributed by atoms with E-state index in [2.05, 4.69) is 44.6 Å². The number of aromatic nitrogens is 3. The first-order valence-electron chi connectivity index (χ1n) is 12.2. The van der Waals surface area contributed by atoms with Crippen molar-refractivity contribution >= 4 is 26.7 Å². The van der Waals surface area contributed by atoms with Crippen molar-refractivity contribution in [1.29, 1.82) is 0 Å². The number of anilines is 1. The van der Waals surface area contributed by atoms with E-state index < -0.39 is 10.0 Å². The molecular weight excluding hydrogens is 484 g/mol. The van der Waals surface area contributed by atoms with Gasteiger partial charge in [-0.3, -0.25) is 4.98 Å². The summed E-state index contributed by atoms with van der Waals surface area (Å²) in [6.45, 7) is 3.59. The largest absolute Gasteiger partial charge is 0.383 e. The second kappa shape index (κ2) is 10.9. The van der Waals surface area contributed by atoms with Crippen LogP contribution in [0.25, 0.3) is 33.4 Å². The molecule has 1 aliphatic rings. The highest BCUT2D eigenvalue weighted by Gasteiger charge is 2.18. The molecule has 9 heteroatoms. The average molecular weight is 513 g/mol. The first-order chi connectivity index (χ1) is 18.0. The van der Waals surface area contributed by atoms with Gasteiger partial charge in [-0.25, -0.2) is 23.1 Å². The van der Waals surface area contributed by atoms with Crippen LogP contribution in [0.1, 0.15) is 13.3 Å². The normalized spacial score (nSPS) is 13.3. The van der Waals surface area contributed by atoms with E-state index in [0.717, 1.165) is 34.3 Å². The van der Waals surface area contributed by atoms with Crippen molar-refractivity contribution < 1.29 is 8.42 Å². The van der Waals surface area contributed by atoms with Crippen molar-refractivity contribution in [1.82, 2.24) is 25.0 Å². The van der Waals surface area contributed by atoms with Gasteiger partial charge in [0.15, 0.2) is 5.82 Å². The molecule has 3 heterocycles. The van der Waals surface area contributed by atoms with Crippen LogP contribution < -0.4 is 15.4 Å². The van der Waals surface area contributed by atoms with Crippen molar-refractivity contribution in [2.75, 3.05) is 25.0 Å². The van der Waals surface area contributed by atoms with Crippen molar-refractivity contribution in [2.24, 2.45) is 0 Å². The van der Waals surface area contributed by atoms with E-state index in [1.165, 1.54) is 6.20 Å². The number of hydrogen-bond acceptors (Lipinski definition) is 7. The van der Waals surface area contributed by atoms with E-state index in [4.69, 9.17) is 9.97 Å². The molecule has 188 valence electrons. The molecule has 0 spiro atoms. The van der Waals surface area contributed by atoms with E-state index >= 15 is 0 Å². The summed E-state index contributed by atoms with van der Waals surface area (Å²) in [7, 11) is -3.68. The Morgan fingerprint density at radius 2 is 1.86 bits per heavy atom. The van der Waals surface area contributed by atoms with Gasteiger partial charge in [0, 0.05) is 36.7 Å². The SMILES string of the molecule is CCCNS(=O)(=O)c1cncc(-c2nc(NCC3=CC=CCN3)c3c(-c4ccccc4)cccc3n2)c1. The van der Waals surface area contributed by atoms with E-state index in [9.17, 15) is 8.42 Å². The molecule has 3 N–H and O–H groups in total. The van der Waals surface area contributed by atoms with Gasteiger partial charge in [-0.15, -0.1) is 0 Å². The van der Waals surface area contributed by atoms with Crippen LogP contribution in [0.4, 0.5) is 5.82 Å². The van der Waals surface area contributed by atoms with E-state index in [1.54, 1.807) is 12.3 Å². The zero-order chi connectivity index (χ0) is 25.7. The molecule has 0 unspecified atom stereocenters. The number of allylic oxidation sites excluding steroid dienone is 2. The smallest absolute Gasteiger partial charge is 0.242 e. The van der Waals surface area contributed by atoms with Crippen LogP contribution in [0.5, 0.6) is 0 Å². The summed E-state index contributed by atoms with van der Waals surface area (Å²) in [6.07, 6.45) is 9.72. The fourth-order valence-corrected chi connectivity index (χ4v) is 5.23. The summed E-state index contributed by atoms with van der Waals surface area (Å²) in [5, 5.41) is 7.73. The zero-order valence-corrected chi connectivity index (χ0v) is 21.3. The lowest BCUT2D eigenvalue weighted by molar-refractivity contribution is 0.580. The third kappa shape index (κ3) is 5.52. The average Bonchev–Trinajstić information content (AvgIpc) is 2.95. The predicted molar refractivity (Wildman–Crippen MR) is 147 cm³/mol. The van der Waals surface area contributed by atoms with Gasteiger partial charge >= 0.3 is 0 Å². The molecule has 0 saturated carbocycles. The molecule has 4 aromatic rings. The van der Waals surface area contributed by atoms with Crippen molar-refractivity contribution in [3.05, 3.63) is 90.9 Å². The number of nitrogens with one attached hydrogen (secondary N) is 3. The zero-order valence-electron chi connectivity index (χ0n) is 20.5. The van der Waals surface area contributed by atoms with Gasteiger partial charge in [0.25, 0.3) is 0 Å². The minimum atomic E-state index is -3.68. The van der Waals surface area contributed by atoms with E-state index in [0.29, 0.717) is 36.7 Å². The van der Waals surface area contributed by atoms with E-state index in [1.807, 2.05) is 49.4 Å². The number of sulfonamides is 1. The third-order valence-electron chi connectivity index (χ3n) is 5.96. The maximum absolute atomic E-state index is 12.7. The van der Waals surface area contributed by atoms with Gasteiger partial charge < -0.3 is 10.6 Å². The molecule has 0 saturated heterocycles. The summed E-state index contributed by atoms with van der Waals surface area (Å²) >= 11 is 0. The number of benzene rings is 2. The number of hydrogen-bond donors (Lipinski definition) is 3. The maximum atomic E-state index is 12.7. The highest BCUT2D eigenvalue weighted by Crippen LogP contribution is 2.34. The Morgan fingerprint density at radius 3 is 2.65 bits per heavy atom. The summed E-state index contributed by atoms with van der Waals surface area (Å²) in [5.74, 6) is 1.06.